The van der Waals surface area contributed by atoms with Crippen LogP contribution in [0.1, 0.15) is 18.3 Å². The zero-order valence-corrected chi connectivity index (χ0v) is 11.9. The number of aromatic nitrogens is 2. The third-order valence-electron chi connectivity index (χ3n) is 2.88. The molecule has 6 nitrogen and oxygen atoms in total. The van der Waals surface area contributed by atoms with Gasteiger partial charge in [-0.15, -0.1) is 0 Å². The Morgan fingerprint density at radius 1 is 1.25 bits per heavy atom. The number of hydrogen-bond donors (Lipinski definition) is 0. The second-order valence-electron chi connectivity index (χ2n) is 4.18. The Kier molecular flexibility index (Phi) is 4.15. The minimum atomic E-state index is -3.70. The number of nitrogens with zero attached hydrogens (tertiary/aromatic N) is 3. The highest BCUT2D eigenvalue weighted by Crippen LogP contribution is 2.18. The molecular formula is C12H14FN3O3S. The molecular weight excluding hydrogens is 285 g/mol. The van der Waals surface area contributed by atoms with Gasteiger partial charge in [0.05, 0.1) is 11.4 Å². The summed E-state index contributed by atoms with van der Waals surface area (Å²) in [7, 11) is -3.70. The molecule has 0 aliphatic rings. The molecule has 0 saturated carbocycles. The molecule has 1 aromatic carbocycles. The molecule has 0 amide bonds. The molecule has 108 valence electrons. The first-order valence-corrected chi connectivity index (χ1v) is 7.43. The summed E-state index contributed by atoms with van der Waals surface area (Å²) >= 11 is 0. The van der Waals surface area contributed by atoms with E-state index in [9.17, 15) is 12.8 Å². The zero-order valence-electron chi connectivity index (χ0n) is 11.1. The highest BCUT2D eigenvalue weighted by molar-refractivity contribution is 7.89. The Bertz CT molecular complexity index is 682. The summed E-state index contributed by atoms with van der Waals surface area (Å²) < 4.78 is 43.5. The van der Waals surface area contributed by atoms with Crippen molar-refractivity contribution < 1.29 is 17.4 Å². The van der Waals surface area contributed by atoms with Crippen LogP contribution >= 0.6 is 0 Å². The fraction of sp³-hybridized carbons (Fsp3) is 0.333. The second-order valence-corrected chi connectivity index (χ2v) is 6.12. The molecule has 0 aliphatic heterocycles. The summed E-state index contributed by atoms with van der Waals surface area (Å²) in [6, 6.07) is 4.70. The summed E-state index contributed by atoms with van der Waals surface area (Å²) in [6.07, 6.45) is 0. The average Bonchev–Trinajstić information content (AvgIpc) is 2.81. The smallest absolute Gasteiger partial charge is 0.243 e. The van der Waals surface area contributed by atoms with E-state index < -0.39 is 15.8 Å². The van der Waals surface area contributed by atoms with E-state index in [0.29, 0.717) is 11.4 Å². The van der Waals surface area contributed by atoms with E-state index >= 15 is 0 Å². The Morgan fingerprint density at radius 2 is 1.90 bits per heavy atom. The van der Waals surface area contributed by atoms with Gasteiger partial charge in [0.25, 0.3) is 0 Å². The maximum atomic E-state index is 12.9. The van der Waals surface area contributed by atoms with Gasteiger partial charge in [0.15, 0.2) is 0 Å². The number of hydrogen-bond acceptors (Lipinski definition) is 5. The number of aryl methyl sites for hydroxylation is 1. The van der Waals surface area contributed by atoms with E-state index in [1.54, 1.807) is 13.8 Å². The first kappa shape index (κ1) is 14.6. The second kappa shape index (κ2) is 5.68. The predicted molar refractivity (Wildman–Crippen MR) is 68.7 cm³/mol. The molecule has 2 aromatic rings. The molecule has 0 unspecified atom stereocenters. The molecule has 2 rings (SSSR count). The quantitative estimate of drug-likeness (QED) is 0.840. The molecule has 20 heavy (non-hydrogen) atoms. The van der Waals surface area contributed by atoms with E-state index in [1.807, 2.05) is 0 Å². The van der Waals surface area contributed by atoms with Crippen molar-refractivity contribution in [2.45, 2.75) is 25.3 Å². The molecule has 0 fully saturated rings. The standard InChI is InChI=1S/C12H14FN3O3S/c1-3-16(8-12-9(2)14-19-15-12)20(17,18)11-6-4-10(13)5-7-11/h4-7H,3,8H2,1-2H3. The summed E-state index contributed by atoms with van der Waals surface area (Å²) in [4.78, 5) is 0.0369. The van der Waals surface area contributed by atoms with Crippen molar-refractivity contribution in [1.82, 2.24) is 14.6 Å². The monoisotopic (exact) mass is 299 g/mol. The minimum absolute atomic E-state index is 0.0369. The normalized spacial score (nSPS) is 12.0. The fourth-order valence-corrected chi connectivity index (χ4v) is 3.09. The minimum Gasteiger partial charge on any atom is -0.244 e. The first-order valence-electron chi connectivity index (χ1n) is 5.99. The molecule has 0 spiro atoms. The van der Waals surface area contributed by atoms with Crippen molar-refractivity contribution in [2.75, 3.05) is 6.54 Å². The van der Waals surface area contributed by atoms with Gasteiger partial charge in [-0.2, -0.15) is 4.31 Å². The lowest BCUT2D eigenvalue weighted by molar-refractivity contribution is 0.296. The van der Waals surface area contributed by atoms with Crippen molar-refractivity contribution in [2.24, 2.45) is 0 Å². The number of halogens is 1. The molecule has 8 heteroatoms. The van der Waals surface area contributed by atoms with E-state index in [0.717, 1.165) is 12.1 Å². The van der Waals surface area contributed by atoms with Crippen LogP contribution in [0.3, 0.4) is 0 Å². The Balaban J connectivity index is 2.30. The van der Waals surface area contributed by atoms with Crippen molar-refractivity contribution in [3.8, 4) is 0 Å². The van der Waals surface area contributed by atoms with Crippen LogP contribution in [-0.2, 0) is 16.6 Å². The molecule has 0 N–H and O–H groups in total. The lowest BCUT2D eigenvalue weighted by atomic mass is 10.3. The van der Waals surface area contributed by atoms with Gasteiger partial charge in [0.1, 0.15) is 17.2 Å². The highest BCUT2D eigenvalue weighted by atomic mass is 32.2. The van der Waals surface area contributed by atoms with Crippen LogP contribution < -0.4 is 0 Å². The lowest BCUT2D eigenvalue weighted by Gasteiger charge is -2.19. The van der Waals surface area contributed by atoms with E-state index in [4.69, 9.17) is 0 Å². The number of benzene rings is 1. The molecule has 0 atom stereocenters. The van der Waals surface area contributed by atoms with Gasteiger partial charge in [-0.05, 0) is 31.2 Å². The van der Waals surface area contributed by atoms with E-state index in [-0.39, 0.29) is 18.0 Å². The topological polar surface area (TPSA) is 76.3 Å². The average molecular weight is 299 g/mol. The van der Waals surface area contributed by atoms with E-state index in [2.05, 4.69) is 14.9 Å². The van der Waals surface area contributed by atoms with Gasteiger partial charge in [0, 0.05) is 6.54 Å². The molecule has 1 heterocycles. The molecule has 1 aromatic heterocycles. The largest absolute Gasteiger partial charge is 0.244 e. The van der Waals surface area contributed by atoms with Crippen molar-refractivity contribution in [3.05, 3.63) is 41.5 Å². The van der Waals surface area contributed by atoms with Crippen LogP contribution in [0, 0.1) is 12.7 Å². The van der Waals surface area contributed by atoms with Crippen LogP contribution in [0.25, 0.3) is 0 Å². The molecule has 0 aliphatic carbocycles. The SMILES string of the molecule is CCN(Cc1nonc1C)S(=O)(=O)c1ccc(F)cc1. The summed E-state index contributed by atoms with van der Waals surface area (Å²) in [6.45, 7) is 3.71. The maximum absolute atomic E-state index is 12.9. The molecule has 0 saturated heterocycles. The van der Waals surface area contributed by atoms with Crippen LogP contribution in [0.2, 0.25) is 0 Å². The van der Waals surface area contributed by atoms with Crippen LogP contribution in [-0.4, -0.2) is 29.6 Å². The summed E-state index contributed by atoms with van der Waals surface area (Å²) in [5, 5.41) is 7.29. The van der Waals surface area contributed by atoms with Gasteiger partial charge < -0.3 is 0 Å². The Labute approximate surface area is 116 Å². The maximum Gasteiger partial charge on any atom is 0.243 e. The highest BCUT2D eigenvalue weighted by Gasteiger charge is 2.25. The first-order chi connectivity index (χ1) is 9.45. The van der Waals surface area contributed by atoms with Crippen molar-refractivity contribution in [1.29, 1.82) is 0 Å². The van der Waals surface area contributed by atoms with Gasteiger partial charge in [-0.3, -0.25) is 0 Å². The number of rotatable bonds is 5. The van der Waals surface area contributed by atoms with Gasteiger partial charge in [0.2, 0.25) is 10.0 Å². The van der Waals surface area contributed by atoms with Gasteiger partial charge in [-0.25, -0.2) is 17.4 Å². The van der Waals surface area contributed by atoms with E-state index in [1.165, 1.54) is 16.4 Å². The lowest BCUT2D eigenvalue weighted by Crippen LogP contribution is -2.30. The third-order valence-corrected chi connectivity index (χ3v) is 4.81. The van der Waals surface area contributed by atoms with Gasteiger partial charge >= 0.3 is 0 Å². The van der Waals surface area contributed by atoms with Crippen molar-refractivity contribution in [3.63, 3.8) is 0 Å². The summed E-state index contributed by atoms with van der Waals surface area (Å²) in [5.74, 6) is -0.483. The van der Waals surface area contributed by atoms with Crippen LogP contribution in [0.15, 0.2) is 33.8 Å². The third kappa shape index (κ3) is 2.86. The zero-order chi connectivity index (χ0) is 14.8. The van der Waals surface area contributed by atoms with Crippen LogP contribution in [0.5, 0.6) is 0 Å². The van der Waals surface area contributed by atoms with Crippen molar-refractivity contribution >= 4 is 10.0 Å². The van der Waals surface area contributed by atoms with Crippen LogP contribution in [0.4, 0.5) is 4.39 Å². The molecule has 0 radical (unpaired) electrons. The Hall–Kier alpha value is -1.80. The molecule has 0 bridgehead atoms. The predicted octanol–water partition coefficient (Wildman–Crippen LogP) is 1.73. The van der Waals surface area contributed by atoms with Gasteiger partial charge in [-0.1, -0.05) is 17.2 Å². The fourth-order valence-electron chi connectivity index (χ4n) is 1.68. The Morgan fingerprint density at radius 3 is 2.40 bits per heavy atom. The summed E-state index contributed by atoms with van der Waals surface area (Å²) in [5.41, 5.74) is 0.996. The number of sulfonamides is 1.